The summed E-state index contributed by atoms with van der Waals surface area (Å²) in [6.45, 7) is 9.44. The van der Waals surface area contributed by atoms with Crippen molar-refractivity contribution in [1.29, 1.82) is 0 Å². The second kappa shape index (κ2) is 3.16. The zero-order valence-corrected chi connectivity index (χ0v) is 8.48. The van der Waals surface area contributed by atoms with Crippen molar-refractivity contribution >= 4 is 0 Å². The van der Waals surface area contributed by atoms with E-state index >= 15 is 0 Å². The van der Waals surface area contributed by atoms with E-state index in [-0.39, 0.29) is 0 Å². The topological polar surface area (TPSA) is 0 Å². The van der Waals surface area contributed by atoms with Crippen molar-refractivity contribution in [1.82, 2.24) is 0 Å². The van der Waals surface area contributed by atoms with E-state index in [9.17, 15) is 0 Å². The van der Waals surface area contributed by atoms with Crippen molar-refractivity contribution in [2.45, 2.75) is 53.4 Å². The van der Waals surface area contributed by atoms with Gasteiger partial charge in [-0.2, -0.15) is 0 Å². The summed E-state index contributed by atoms with van der Waals surface area (Å²) >= 11 is 0. The summed E-state index contributed by atoms with van der Waals surface area (Å²) in [7, 11) is 0. The first-order chi connectivity index (χ1) is 4.99. The first-order valence-electron chi connectivity index (χ1n) is 4.99. The average Bonchev–Trinajstić information content (AvgIpc) is 2.61. The fraction of sp³-hybridized carbons (Fsp3) is 1.00. The number of rotatable bonds is 3. The Bertz CT molecular complexity index is 114. The minimum Gasteiger partial charge on any atom is -0.0622 e. The lowest BCUT2D eigenvalue weighted by Crippen LogP contribution is -2.08. The van der Waals surface area contributed by atoms with Crippen LogP contribution in [0.15, 0.2) is 0 Å². The molecule has 0 saturated heterocycles. The standard InChI is InChI=1S/C11H22/c1-9(10-5-6-10)7-8-11(2,3)4/h9-10H,5-8H2,1-4H3. The van der Waals surface area contributed by atoms with Crippen LogP contribution in [0.2, 0.25) is 0 Å². The van der Waals surface area contributed by atoms with E-state index in [0.717, 1.165) is 11.8 Å². The molecule has 1 aliphatic carbocycles. The molecule has 0 radical (unpaired) electrons. The Kier molecular flexibility index (Phi) is 2.61. The summed E-state index contributed by atoms with van der Waals surface area (Å²) in [5, 5.41) is 0. The molecule has 11 heavy (non-hydrogen) atoms. The van der Waals surface area contributed by atoms with E-state index in [1.54, 1.807) is 0 Å². The molecule has 0 heterocycles. The van der Waals surface area contributed by atoms with Gasteiger partial charge in [-0.15, -0.1) is 0 Å². The molecule has 0 bridgehead atoms. The van der Waals surface area contributed by atoms with Gasteiger partial charge in [0.2, 0.25) is 0 Å². The highest BCUT2D eigenvalue weighted by atomic mass is 14.3. The van der Waals surface area contributed by atoms with Gasteiger partial charge in [0.25, 0.3) is 0 Å². The minimum atomic E-state index is 0.545. The molecule has 1 unspecified atom stereocenters. The number of hydrogen-bond acceptors (Lipinski definition) is 0. The quantitative estimate of drug-likeness (QED) is 0.579. The third-order valence-electron chi connectivity index (χ3n) is 2.78. The summed E-state index contributed by atoms with van der Waals surface area (Å²) < 4.78 is 0. The van der Waals surface area contributed by atoms with Crippen molar-refractivity contribution in [2.75, 3.05) is 0 Å². The van der Waals surface area contributed by atoms with Gasteiger partial charge in [0.15, 0.2) is 0 Å². The monoisotopic (exact) mass is 154 g/mol. The highest BCUT2D eigenvalue weighted by Gasteiger charge is 2.28. The van der Waals surface area contributed by atoms with Crippen LogP contribution in [0.4, 0.5) is 0 Å². The molecule has 0 nitrogen and oxygen atoms in total. The van der Waals surface area contributed by atoms with Crippen LogP contribution in [-0.2, 0) is 0 Å². The maximum Gasteiger partial charge on any atom is -0.0383 e. The lowest BCUT2D eigenvalue weighted by atomic mass is 9.86. The zero-order valence-electron chi connectivity index (χ0n) is 8.48. The van der Waals surface area contributed by atoms with Gasteiger partial charge in [-0.25, -0.2) is 0 Å². The van der Waals surface area contributed by atoms with Crippen molar-refractivity contribution < 1.29 is 0 Å². The molecule has 66 valence electrons. The molecule has 0 spiro atoms. The summed E-state index contributed by atoms with van der Waals surface area (Å²) in [5.74, 6) is 2.09. The van der Waals surface area contributed by atoms with Crippen molar-refractivity contribution in [3.63, 3.8) is 0 Å². The van der Waals surface area contributed by atoms with Crippen molar-refractivity contribution in [2.24, 2.45) is 17.3 Å². The Hall–Kier alpha value is 0. The number of hydrogen-bond donors (Lipinski definition) is 0. The predicted molar refractivity (Wildman–Crippen MR) is 50.6 cm³/mol. The summed E-state index contributed by atoms with van der Waals surface area (Å²) in [6, 6.07) is 0. The van der Waals surface area contributed by atoms with Crippen molar-refractivity contribution in [3.8, 4) is 0 Å². The molecular weight excluding hydrogens is 132 g/mol. The molecule has 1 atom stereocenters. The second-order valence-corrected chi connectivity index (χ2v) is 5.41. The van der Waals surface area contributed by atoms with Gasteiger partial charge in [0, 0.05) is 0 Å². The molecule has 1 saturated carbocycles. The van der Waals surface area contributed by atoms with Gasteiger partial charge in [0.1, 0.15) is 0 Å². The van der Waals surface area contributed by atoms with Crippen molar-refractivity contribution in [3.05, 3.63) is 0 Å². The summed E-state index contributed by atoms with van der Waals surface area (Å²) in [6.07, 6.45) is 5.84. The molecule has 0 aliphatic heterocycles. The molecule has 0 amide bonds. The molecule has 0 N–H and O–H groups in total. The Morgan fingerprint density at radius 2 is 1.82 bits per heavy atom. The van der Waals surface area contributed by atoms with E-state index in [0.29, 0.717) is 5.41 Å². The van der Waals surface area contributed by atoms with Crippen LogP contribution in [0.25, 0.3) is 0 Å². The summed E-state index contributed by atoms with van der Waals surface area (Å²) in [5.41, 5.74) is 0.545. The van der Waals surface area contributed by atoms with Gasteiger partial charge in [-0.3, -0.25) is 0 Å². The van der Waals surface area contributed by atoms with Crippen LogP contribution in [-0.4, -0.2) is 0 Å². The highest BCUT2D eigenvalue weighted by molar-refractivity contribution is 4.79. The summed E-state index contributed by atoms with van der Waals surface area (Å²) in [4.78, 5) is 0. The second-order valence-electron chi connectivity index (χ2n) is 5.41. The van der Waals surface area contributed by atoms with Crippen LogP contribution in [0, 0.1) is 17.3 Å². The van der Waals surface area contributed by atoms with Gasteiger partial charge in [-0.05, 0) is 42.9 Å². The van der Waals surface area contributed by atoms with Crippen LogP contribution in [0.3, 0.4) is 0 Å². The normalized spacial score (nSPS) is 21.8. The van der Waals surface area contributed by atoms with Gasteiger partial charge >= 0.3 is 0 Å². The third-order valence-corrected chi connectivity index (χ3v) is 2.78. The zero-order chi connectivity index (χ0) is 8.48. The highest BCUT2D eigenvalue weighted by Crippen LogP contribution is 2.40. The van der Waals surface area contributed by atoms with E-state index in [1.807, 2.05) is 0 Å². The maximum atomic E-state index is 2.42. The first kappa shape index (κ1) is 9.09. The first-order valence-corrected chi connectivity index (χ1v) is 4.99. The molecule has 1 fully saturated rings. The fourth-order valence-corrected chi connectivity index (χ4v) is 1.56. The predicted octanol–water partition coefficient (Wildman–Crippen LogP) is 3.86. The molecule has 0 aromatic carbocycles. The van der Waals surface area contributed by atoms with E-state index < -0.39 is 0 Å². The molecule has 1 rings (SSSR count). The van der Waals surface area contributed by atoms with Gasteiger partial charge < -0.3 is 0 Å². The largest absolute Gasteiger partial charge is 0.0622 e. The van der Waals surface area contributed by atoms with Crippen LogP contribution < -0.4 is 0 Å². The lowest BCUT2D eigenvalue weighted by Gasteiger charge is -2.20. The van der Waals surface area contributed by atoms with Crippen LogP contribution >= 0.6 is 0 Å². The van der Waals surface area contributed by atoms with Gasteiger partial charge in [-0.1, -0.05) is 27.7 Å². The van der Waals surface area contributed by atoms with Gasteiger partial charge in [0.05, 0.1) is 0 Å². The van der Waals surface area contributed by atoms with E-state index in [1.165, 1.54) is 25.7 Å². The van der Waals surface area contributed by atoms with E-state index in [2.05, 4.69) is 27.7 Å². The lowest BCUT2D eigenvalue weighted by molar-refractivity contribution is 0.316. The van der Waals surface area contributed by atoms with Crippen LogP contribution in [0.1, 0.15) is 53.4 Å². The maximum absolute atomic E-state index is 2.42. The fourth-order valence-electron chi connectivity index (χ4n) is 1.56. The smallest absolute Gasteiger partial charge is 0.0383 e. The SMILES string of the molecule is CC(CCC(C)(C)C)C1CC1. The Morgan fingerprint density at radius 1 is 1.27 bits per heavy atom. The Labute approximate surface area is 71.4 Å². The molecule has 0 aromatic rings. The Morgan fingerprint density at radius 3 is 2.18 bits per heavy atom. The minimum absolute atomic E-state index is 0.545. The Balaban J connectivity index is 2.10. The average molecular weight is 154 g/mol. The van der Waals surface area contributed by atoms with E-state index in [4.69, 9.17) is 0 Å². The van der Waals surface area contributed by atoms with Crippen LogP contribution in [0.5, 0.6) is 0 Å². The molecule has 0 heteroatoms. The molecule has 1 aliphatic rings. The molecule has 0 aromatic heterocycles. The molecular formula is C11H22. The third kappa shape index (κ3) is 3.79.